The Bertz CT molecular complexity index is 731. The van der Waals surface area contributed by atoms with Gasteiger partial charge in [-0.2, -0.15) is 0 Å². The molecule has 1 aliphatic rings. The first kappa shape index (κ1) is 17.5. The maximum absolute atomic E-state index is 12.3. The second-order valence-electron chi connectivity index (χ2n) is 6.99. The molecule has 25 heavy (non-hydrogen) atoms. The Kier molecular flexibility index (Phi) is 5.39. The highest BCUT2D eigenvalue weighted by Gasteiger charge is 2.14. The quantitative estimate of drug-likeness (QED) is 0.930. The Morgan fingerprint density at radius 3 is 2.36 bits per heavy atom. The van der Waals surface area contributed by atoms with Gasteiger partial charge in [0.2, 0.25) is 5.91 Å². The molecule has 1 fully saturated rings. The molecule has 1 N–H and O–H groups in total. The van der Waals surface area contributed by atoms with Gasteiger partial charge in [-0.3, -0.25) is 4.79 Å². The van der Waals surface area contributed by atoms with Crippen molar-refractivity contribution in [3.8, 4) is 0 Å². The second kappa shape index (κ2) is 7.70. The lowest BCUT2D eigenvalue weighted by molar-refractivity contribution is -0.115. The first-order valence-corrected chi connectivity index (χ1v) is 8.91. The van der Waals surface area contributed by atoms with E-state index in [-0.39, 0.29) is 5.91 Å². The molecule has 0 unspecified atom stereocenters. The van der Waals surface area contributed by atoms with Gasteiger partial charge >= 0.3 is 0 Å². The second-order valence-corrected chi connectivity index (χ2v) is 6.99. The number of carbonyl (C=O) groups is 1. The molecular formula is C21H27N3O. The topological polar surface area (TPSA) is 35.6 Å². The van der Waals surface area contributed by atoms with Crippen molar-refractivity contribution in [2.24, 2.45) is 0 Å². The van der Waals surface area contributed by atoms with Gasteiger partial charge in [-0.25, -0.2) is 0 Å². The average Bonchev–Trinajstić information content (AvgIpc) is 2.59. The van der Waals surface area contributed by atoms with Crippen molar-refractivity contribution in [3.05, 3.63) is 59.2 Å². The Morgan fingerprint density at radius 2 is 1.68 bits per heavy atom. The summed E-state index contributed by atoms with van der Waals surface area (Å²) in [5.41, 5.74) is 5.51. The van der Waals surface area contributed by atoms with E-state index in [0.29, 0.717) is 6.42 Å². The minimum atomic E-state index is 0.0287. The van der Waals surface area contributed by atoms with Gasteiger partial charge in [0, 0.05) is 37.6 Å². The van der Waals surface area contributed by atoms with E-state index in [9.17, 15) is 4.79 Å². The molecule has 132 valence electrons. The predicted octanol–water partition coefficient (Wildman–Crippen LogP) is 3.24. The summed E-state index contributed by atoms with van der Waals surface area (Å²) in [5, 5.41) is 3.01. The molecule has 4 heteroatoms. The summed E-state index contributed by atoms with van der Waals surface area (Å²) in [4.78, 5) is 17.1. The van der Waals surface area contributed by atoms with E-state index in [2.05, 4.69) is 59.4 Å². The molecule has 0 radical (unpaired) electrons. The third-order valence-electron chi connectivity index (χ3n) is 4.88. The lowest BCUT2D eigenvalue weighted by atomic mass is 10.0. The van der Waals surface area contributed by atoms with Crippen LogP contribution in [0, 0.1) is 13.8 Å². The van der Waals surface area contributed by atoms with Crippen LogP contribution in [0.3, 0.4) is 0 Å². The van der Waals surface area contributed by atoms with Crippen molar-refractivity contribution in [2.75, 3.05) is 43.4 Å². The van der Waals surface area contributed by atoms with Gasteiger partial charge in [-0.15, -0.1) is 0 Å². The summed E-state index contributed by atoms with van der Waals surface area (Å²) in [7, 11) is 2.16. The highest BCUT2D eigenvalue weighted by molar-refractivity contribution is 5.92. The molecule has 4 nitrogen and oxygen atoms in total. The summed E-state index contributed by atoms with van der Waals surface area (Å²) in [5.74, 6) is 0.0287. The fourth-order valence-corrected chi connectivity index (χ4v) is 3.19. The van der Waals surface area contributed by atoms with Crippen LogP contribution in [0.5, 0.6) is 0 Å². The van der Waals surface area contributed by atoms with Crippen molar-refractivity contribution in [2.45, 2.75) is 20.3 Å². The first-order chi connectivity index (χ1) is 12.0. The third kappa shape index (κ3) is 4.60. The Balaban J connectivity index is 1.59. The number of rotatable bonds is 4. The van der Waals surface area contributed by atoms with E-state index < -0.39 is 0 Å². The standard InChI is InChI=1S/C21H27N3O/c1-16-4-5-17(2)18(14-16)15-21(25)22-19-6-8-20(9-7-19)24-12-10-23(3)11-13-24/h4-9,14H,10-13,15H2,1-3H3,(H,22,25). The van der Waals surface area contributed by atoms with Gasteiger partial charge in [0.25, 0.3) is 0 Å². The highest BCUT2D eigenvalue weighted by atomic mass is 16.1. The normalized spacial score (nSPS) is 15.2. The van der Waals surface area contributed by atoms with E-state index in [4.69, 9.17) is 0 Å². The van der Waals surface area contributed by atoms with Crippen LogP contribution in [-0.4, -0.2) is 44.0 Å². The summed E-state index contributed by atoms with van der Waals surface area (Å²) in [6.07, 6.45) is 0.410. The van der Waals surface area contributed by atoms with Gasteiger partial charge in [0.05, 0.1) is 6.42 Å². The molecule has 0 spiro atoms. The zero-order chi connectivity index (χ0) is 17.8. The van der Waals surface area contributed by atoms with E-state index in [1.165, 1.54) is 11.3 Å². The number of anilines is 2. The molecule has 2 aromatic carbocycles. The first-order valence-electron chi connectivity index (χ1n) is 8.91. The Hall–Kier alpha value is -2.33. The zero-order valence-corrected chi connectivity index (χ0v) is 15.4. The lowest BCUT2D eigenvalue weighted by Gasteiger charge is -2.34. The van der Waals surface area contributed by atoms with E-state index in [0.717, 1.165) is 43.0 Å². The van der Waals surface area contributed by atoms with E-state index in [1.807, 2.05) is 19.1 Å². The lowest BCUT2D eigenvalue weighted by Crippen LogP contribution is -2.44. The SMILES string of the molecule is Cc1ccc(C)c(CC(=O)Nc2ccc(N3CCN(C)CC3)cc2)c1. The van der Waals surface area contributed by atoms with Crippen LogP contribution < -0.4 is 10.2 Å². The summed E-state index contributed by atoms with van der Waals surface area (Å²) in [6, 6.07) is 14.4. The zero-order valence-electron chi connectivity index (χ0n) is 15.4. The molecule has 0 aromatic heterocycles. The third-order valence-corrected chi connectivity index (χ3v) is 4.88. The minimum absolute atomic E-state index is 0.0287. The smallest absolute Gasteiger partial charge is 0.228 e. The summed E-state index contributed by atoms with van der Waals surface area (Å²) < 4.78 is 0. The number of nitrogens with one attached hydrogen (secondary N) is 1. The molecule has 2 aromatic rings. The number of hydrogen-bond donors (Lipinski definition) is 1. The van der Waals surface area contributed by atoms with Crippen LogP contribution >= 0.6 is 0 Å². The molecule has 0 bridgehead atoms. The van der Waals surface area contributed by atoms with Gasteiger partial charge in [-0.05, 0) is 56.3 Å². The number of nitrogens with zero attached hydrogens (tertiary/aromatic N) is 2. The van der Waals surface area contributed by atoms with Crippen molar-refractivity contribution in [1.82, 2.24) is 4.90 Å². The number of piperazine rings is 1. The molecule has 0 saturated carbocycles. The van der Waals surface area contributed by atoms with Gasteiger partial charge in [-0.1, -0.05) is 23.8 Å². The fraction of sp³-hybridized carbons (Fsp3) is 0.381. The van der Waals surface area contributed by atoms with Crippen molar-refractivity contribution >= 4 is 17.3 Å². The number of carbonyl (C=O) groups excluding carboxylic acids is 1. The predicted molar refractivity (Wildman–Crippen MR) is 104 cm³/mol. The maximum atomic E-state index is 12.3. The van der Waals surface area contributed by atoms with Crippen LogP contribution in [0.2, 0.25) is 0 Å². The number of benzene rings is 2. The van der Waals surface area contributed by atoms with E-state index in [1.54, 1.807) is 0 Å². The van der Waals surface area contributed by atoms with Crippen LogP contribution in [0.1, 0.15) is 16.7 Å². The molecule has 1 aliphatic heterocycles. The van der Waals surface area contributed by atoms with Crippen molar-refractivity contribution in [3.63, 3.8) is 0 Å². The van der Waals surface area contributed by atoms with Gasteiger partial charge < -0.3 is 15.1 Å². The minimum Gasteiger partial charge on any atom is -0.369 e. The fourth-order valence-electron chi connectivity index (χ4n) is 3.19. The van der Waals surface area contributed by atoms with Crippen LogP contribution in [0.25, 0.3) is 0 Å². The largest absolute Gasteiger partial charge is 0.369 e. The summed E-state index contributed by atoms with van der Waals surface area (Å²) >= 11 is 0. The van der Waals surface area contributed by atoms with E-state index >= 15 is 0 Å². The molecule has 0 atom stereocenters. The number of hydrogen-bond acceptors (Lipinski definition) is 3. The summed E-state index contributed by atoms with van der Waals surface area (Å²) in [6.45, 7) is 8.39. The molecule has 3 rings (SSSR count). The highest BCUT2D eigenvalue weighted by Crippen LogP contribution is 2.20. The van der Waals surface area contributed by atoms with Gasteiger partial charge in [0.15, 0.2) is 0 Å². The molecular weight excluding hydrogens is 310 g/mol. The van der Waals surface area contributed by atoms with Crippen LogP contribution in [0.15, 0.2) is 42.5 Å². The molecule has 0 aliphatic carbocycles. The molecule has 1 saturated heterocycles. The van der Waals surface area contributed by atoms with Crippen molar-refractivity contribution in [1.29, 1.82) is 0 Å². The Labute approximate surface area is 150 Å². The number of likely N-dealkylation sites (N-methyl/N-ethyl adjacent to an activating group) is 1. The maximum Gasteiger partial charge on any atom is 0.228 e. The molecule has 1 heterocycles. The molecule has 1 amide bonds. The number of amides is 1. The van der Waals surface area contributed by atoms with Crippen LogP contribution in [0.4, 0.5) is 11.4 Å². The van der Waals surface area contributed by atoms with Crippen LogP contribution in [-0.2, 0) is 11.2 Å². The average molecular weight is 337 g/mol. The Morgan fingerprint density at radius 1 is 1.00 bits per heavy atom. The van der Waals surface area contributed by atoms with Gasteiger partial charge in [0.1, 0.15) is 0 Å². The van der Waals surface area contributed by atoms with Crippen molar-refractivity contribution < 1.29 is 4.79 Å². The monoisotopic (exact) mass is 337 g/mol. The number of aryl methyl sites for hydroxylation is 2.